The second-order valence-electron chi connectivity index (χ2n) is 3.82. The monoisotopic (exact) mass is 295 g/mol. The normalized spacial score (nSPS) is 19.1. The van der Waals surface area contributed by atoms with E-state index in [1.54, 1.807) is 0 Å². The Bertz CT molecular complexity index is 661. The standard InChI is InChI=1S/C11H9N3O5S/c1-6(15)12-11-13(2)10(16)8(20-11)5-7-3-4-9(19-7)14(17)18/h3-5H,1-2H3/b8-5-,12-11?. The summed E-state index contributed by atoms with van der Waals surface area (Å²) in [4.78, 5) is 37.9. The number of carbonyl (C=O) groups excluding carboxylic acids is 2. The van der Waals surface area contributed by atoms with Gasteiger partial charge in [0.1, 0.15) is 10.7 Å². The molecule has 1 fully saturated rings. The van der Waals surface area contributed by atoms with Crippen LogP contribution in [0.5, 0.6) is 0 Å². The molecule has 20 heavy (non-hydrogen) atoms. The predicted molar refractivity (Wildman–Crippen MR) is 71.8 cm³/mol. The minimum atomic E-state index is -0.666. The lowest BCUT2D eigenvalue weighted by Gasteiger charge is -2.05. The number of aliphatic imine (C=N–C) groups is 1. The van der Waals surface area contributed by atoms with Gasteiger partial charge in [0.15, 0.2) is 5.17 Å². The number of nitro groups is 1. The first-order valence-electron chi connectivity index (χ1n) is 5.39. The molecule has 1 aliphatic heterocycles. The summed E-state index contributed by atoms with van der Waals surface area (Å²) in [7, 11) is 1.49. The van der Waals surface area contributed by atoms with Gasteiger partial charge in [-0.1, -0.05) is 0 Å². The van der Waals surface area contributed by atoms with E-state index in [1.807, 2.05) is 0 Å². The minimum absolute atomic E-state index is 0.185. The molecule has 104 valence electrons. The largest absolute Gasteiger partial charge is 0.433 e. The van der Waals surface area contributed by atoms with Crippen LogP contribution in [0, 0.1) is 10.1 Å². The highest BCUT2D eigenvalue weighted by Gasteiger charge is 2.31. The number of thioether (sulfide) groups is 1. The van der Waals surface area contributed by atoms with Crippen molar-refractivity contribution in [2.24, 2.45) is 4.99 Å². The van der Waals surface area contributed by atoms with Gasteiger partial charge in [-0.15, -0.1) is 0 Å². The van der Waals surface area contributed by atoms with Crippen molar-refractivity contribution < 1.29 is 18.9 Å². The van der Waals surface area contributed by atoms with Gasteiger partial charge >= 0.3 is 5.88 Å². The Morgan fingerprint density at radius 2 is 2.25 bits per heavy atom. The molecule has 8 nitrogen and oxygen atoms in total. The van der Waals surface area contributed by atoms with E-state index < -0.39 is 16.7 Å². The number of amidine groups is 1. The molecule has 0 saturated carbocycles. The van der Waals surface area contributed by atoms with Gasteiger partial charge in [-0.25, -0.2) is 0 Å². The zero-order chi connectivity index (χ0) is 14.9. The van der Waals surface area contributed by atoms with Crippen molar-refractivity contribution in [3.8, 4) is 0 Å². The van der Waals surface area contributed by atoms with Crippen molar-refractivity contribution in [3.63, 3.8) is 0 Å². The number of likely N-dealkylation sites (N-methyl/N-ethyl adjacent to an activating group) is 1. The lowest BCUT2D eigenvalue weighted by molar-refractivity contribution is -0.402. The lowest BCUT2D eigenvalue weighted by Crippen LogP contribution is -2.24. The number of hydrogen-bond donors (Lipinski definition) is 0. The molecular weight excluding hydrogens is 286 g/mol. The fourth-order valence-electron chi connectivity index (χ4n) is 1.43. The number of amides is 2. The van der Waals surface area contributed by atoms with E-state index >= 15 is 0 Å². The molecule has 2 amide bonds. The molecule has 0 bridgehead atoms. The van der Waals surface area contributed by atoms with Crippen molar-refractivity contribution in [1.82, 2.24) is 4.90 Å². The van der Waals surface area contributed by atoms with Crippen LogP contribution in [0.1, 0.15) is 12.7 Å². The van der Waals surface area contributed by atoms with Crippen LogP contribution in [0.15, 0.2) is 26.4 Å². The van der Waals surface area contributed by atoms with Crippen molar-refractivity contribution in [1.29, 1.82) is 0 Å². The third-order valence-corrected chi connectivity index (χ3v) is 3.38. The Balaban J connectivity index is 2.28. The maximum Gasteiger partial charge on any atom is 0.433 e. The molecule has 0 aromatic carbocycles. The minimum Gasteiger partial charge on any atom is -0.401 e. The van der Waals surface area contributed by atoms with Crippen LogP contribution in [0.2, 0.25) is 0 Å². The summed E-state index contributed by atoms with van der Waals surface area (Å²) in [5.74, 6) is -0.987. The predicted octanol–water partition coefficient (Wildman–Crippen LogP) is 1.64. The molecule has 0 N–H and O–H groups in total. The molecular formula is C11H9N3O5S. The topological polar surface area (TPSA) is 106 Å². The molecule has 1 aliphatic rings. The summed E-state index contributed by atoms with van der Waals surface area (Å²) in [5.41, 5.74) is 0. The Kier molecular flexibility index (Phi) is 3.70. The van der Waals surface area contributed by atoms with Crippen LogP contribution in [-0.4, -0.2) is 33.9 Å². The Morgan fingerprint density at radius 1 is 1.55 bits per heavy atom. The van der Waals surface area contributed by atoms with Gasteiger partial charge < -0.3 is 4.42 Å². The first-order valence-corrected chi connectivity index (χ1v) is 6.21. The van der Waals surface area contributed by atoms with Crippen LogP contribution >= 0.6 is 11.8 Å². The molecule has 1 aromatic heterocycles. The quantitative estimate of drug-likeness (QED) is 0.466. The molecule has 0 unspecified atom stereocenters. The highest BCUT2D eigenvalue weighted by molar-refractivity contribution is 8.18. The summed E-state index contributed by atoms with van der Waals surface area (Å²) >= 11 is 1.00. The number of hydrogen-bond acceptors (Lipinski definition) is 6. The third kappa shape index (κ3) is 2.77. The zero-order valence-corrected chi connectivity index (χ0v) is 11.3. The molecule has 0 atom stereocenters. The Labute approximate surface area is 117 Å². The summed E-state index contributed by atoms with van der Waals surface area (Å²) in [6.07, 6.45) is 1.37. The first kappa shape index (κ1) is 14.0. The van der Waals surface area contributed by atoms with Gasteiger partial charge in [-0.05, 0) is 17.8 Å². The van der Waals surface area contributed by atoms with Gasteiger partial charge in [-0.3, -0.25) is 24.6 Å². The summed E-state index contributed by atoms with van der Waals surface area (Å²) in [6.45, 7) is 1.28. The number of carbonyl (C=O) groups is 2. The summed E-state index contributed by atoms with van der Waals surface area (Å²) in [5, 5.41) is 10.8. The molecule has 0 aliphatic carbocycles. The number of rotatable bonds is 2. The maximum atomic E-state index is 11.9. The summed E-state index contributed by atoms with van der Waals surface area (Å²) < 4.78 is 4.94. The van der Waals surface area contributed by atoms with Crippen LogP contribution in [0.4, 0.5) is 5.88 Å². The molecule has 9 heteroatoms. The average molecular weight is 295 g/mol. The van der Waals surface area contributed by atoms with E-state index in [9.17, 15) is 19.7 Å². The van der Waals surface area contributed by atoms with E-state index in [-0.39, 0.29) is 21.7 Å². The highest BCUT2D eigenvalue weighted by atomic mass is 32.2. The smallest absolute Gasteiger partial charge is 0.401 e. The van der Waals surface area contributed by atoms with Crippen molar-refractivity contribution in [2.45, 2.75) is 6.92 Å². The SMILES string of the molecule is CC(=O)N=C1S/C(=C\c2ccc([N+](=O)[O-])o2)C(=O)N1C. The van der Waals surface area contributed by atoms with Gasteiger partial charge in [0.25, 0.3) is 5.91 Å². The van der Waals surface area contributed by atoms with E-state index in [2.05, 4.69) is 4.99 Å². The van der Waals surface area contributed by atoms with Gasteiger partial charge in [-0.2, -0.15) is 4.99 Å². The van der Waals surface area contributed by atoms with E-state index in [0.29, 0.717) is 0 Å². The van der Waals surface area contributed by atoms with Crippen LogP contribution in [0.3, 0.4) is 0 Å². The van der Waals surface area contributed by atoms with E-state index in [1.165, 1.54) is 37.1 Å². The fraction of sp³-hybridized carbons (Fsp3) is 0.182. The van der Waals surface area contributed by atoms with Gasteiger partial charge in [0.2, 0.25) is 5.91 Å². The molecule has 2 heterocycles. The molecule has 1 saturated heterocycles. The van der Waals surface area contributed by atoms with Crippen LogP contribution < -0.4 is 0 Å². The highest BCUT2D eigenvalue weighted by Crippen LogP contribution is 2.32. The maximum absolute atomic E-state index is 11.9. The van der Waals surface area contributed by atoms with Gasteiger partial charge in [0, 0.05) is 20.0 Å². The second kappa shape index (κ2) is 5.29. The van der Waals surface area contributed by atoms with Crippen molar-refractivity contribution in [2.75, 3.05) is 7.05 Å². The number of furan rings is 1. The van der Waals surface area contributed by atoms with Crippen molar-refractivity contribution in [3.05, 3.63) is 32.9 Å². The van der Waals surface area contributed by atoms with E-state index in [0.717, 1.165) is 11.8 Å². The molecule has 0 spiro atoms. The third-order valence-electron chi connectivity index (χ3n) is 2.32. The van der Waals surface area contributed by atoms with Crippen molar-refractivity contribution >= 4 is 40.7 Å². The lowest BCUT2D eigenvalue weighted by atomic mass is 10.3. The Morgan fingerprint density at radius 3 is 2.80 bits per heavy atom. The van der Waals surface area contributed by atoms with Crippen LogP contribution in [-0.2, 0) is 9.59 Å². The molecule has 0 radical (unpaired) electrons. The fourth-order valence-corrected chi connectivity index (χ4v) is 2.42. The Hall–Kier alpha value is -2.42. The second-order valence-corrected chi connectivity index (χ2v) is 4.83. The average Bonchev–Trinajstić information content (AvgIpc) is 2.91. The summed E-state index contributed by atoms with van der Waals surface area (Å²) in [6, 6.07) is 2.59. The first-order chi connectivity index (χ1) is 9.38. The zero-order valence-electron chi connectivity index (χ0n) is 10.5. The number of nitrogens with zero attached hydrogens (tertiary/aromatic N) is 3. The van der Waals surface area contributed by atoms with E-state index in [4.69, 9.17) is 4.42 Å². The van der Waals surface area contributed by atoms with Gasteiger partial charge in [0.05, 0.1) is 11.0 Å². The molecule has 2 rings (SSSR count). The van der Waals surface area contributed by atoms with Crippen LogP contribution in [0.25, 0.3) is 6.08 Å². The molecule has 1 aromatic rings.